The smallest absolute Gasteiger partial charge is 0.217 e. The summed E-state index contributed by atoms with van der Waals surface area (Å²) in [5, 5.41) is 2.47. The minimum Gasteiger partial charge on any atom is -0.345 e. The first-order chi connectivity index (χ1) is 7.63. The second-order valence-corrected chi connectivity index (χ2v) is 2.92. The van der Waals surface area contributed by atoms with Gasteiger partial charge in [-0.3, -0.25) is 9.59 Å². The van der Waals surface area contributed by atoms with Crippen molar-refractivity contribution in [3.63, 3.8) is 0 Å². The number of hydrogen-bond acceptors (Lipinski definition) is 3. The molecule has 0 spiro atoms. The molecule has 5 heteroatoms. The number of nitrogens with one attached hydrogen (secondary N) is 1. The summed E-state index contributed by atoms with van der Waals surface area (Å²) in [6.45, 7) is 1.56. The second-order valence-electron chi connectivity index (χ2n) is 2.92. The van der Waals surface area contributed by atoms with Crippen molar-refractivity contribution in [2.24, 2.45) is 0 Å². The number of carbonyl (C=O) groups excluding carboxylic acids is 2. The normalized spacial score (nSPS) is 8.88. The van der Waals surface area contributed by atoms with Gasteiger partial charge in [0.05, 0.1) is 18.3 Å². The highest BCUT2D eigenvalue weighted by molar-refractivity contribution is 5.75. The third-order valence-electron chi connectivity index (χ3n) is 1.65. The average Bonchev–Trinajstić information content (AvgIpc) is 2.26. The molecule has 0 atom stereocenters. The van der Waals surface area contributed by atoms with Gasteiger partial charge in [0, 0.05) is 6.92 Å². The van der Waals surface area contributed by atoms with E-state index >= 15 is 0 Å². The molecule has 1 rings (SSSR count). The average molecular weight is 220 g/mol. The van der Waals surface area contributed by atoms with Crippen molar-refractivity contribution in [2.75, 3.05) is 6.54 Å². The van der Waals surface area contributed by atoms with Crippen LogP contribution in [0.1, 0.15) is 23.0 Å². The highest BCUT2D eigenvalue weighted by Crippen LogP contribution is 2.03. The van der Waals surface area contributed by atoms with Crippen LogP contribution in [0.3, 0.4) is 0 Å². The van der Waals surface area contributed by atoms with Crippen molar-refractivity contribution in [1.29, 1.82) is 0 Å². The molecule has 1 aromatic heterocycles. The number of nitrogens with zero attached hydrogens (tertiary/aromatic N) is 1. The van der Waals surface area contributed by atoms with E-state index in [0.29, 0.717) is 6.29 Å². The lowest BCUT2D eigenvalue weighted by Gasteiger charge is -1.94. The Hall–Kier alpha value is -2.22. The molecule has 0 aliphatic heterocycles. The zero-order valence-electron chi connectivity index (χ0n) is 8.58. The fourth-order valence-electron chi connectivity index (χ4n) is 0.916. The Balaban J connectivity index is 2.74. The van der Waals surface area contributed by atoms with Crippen LogP contribution in [-0.2, 0) is 4.79 Å². The zero-order chi connectivity index (χ0) is 12.0. The minimum atomic E-state index is -0.678. The quantitative estimate of drug-likeness (QED) is 0.584. The number of aromatic nitrogens is 1. The minimum absolute atomic E-state index is 0.0844. The third kappa shape index (κ3) is 3.50. The van der Waals surface area contributed by atoms with Crippen LogP contribution in [0, 0.1) is 17.7 Å². The van der Waals surface area contributed by atoms with Crippen LogP contribution in [0.2, 0.25) is 0 Å². The molecule has 4 nitrogen and oxygen atoms in total. The standard InChI is InChI=1S/C11H9FN2O2/c1-8(16)13-4-2-3-10-5-9(7-15)11(12)6-14-10/h5-7H,4H2,1H3,(H,13,16). The number of aldehydes is 1. The first-order valence-corrected chi connectivity index (χ1v) is 4.47. The van der Waals surface area contributed by atoms with Gasteiger partial charge >= 0.3 is 0 Å². The van der Waals surface area contributed by atoms with Crippen LogP contribution >= 0.6 is 0 Å². The van der Waals surface area contributed by atoms with Gasteiger partial charge < -0.3 is 5.32 Å². The molecule has 0 aromatic carbocycles. The molecule has 0 bridgehead atoms. The van der Waals surface area contributed by atoms with E-state index in [2.05, 4.69) is 22.1 Å². The fourth-order valence-corrected chi connectivity index (χ4v) is 0.916. The van der Waals surface area contributed by atoms with Crippen LogP contribution in [-0.4, -0.2) is 23.7 Å². The fraction of sp³-hybridized carbons (Fsp3) is 0.182. The molecule has 0 aliphatic rings. The van der Waals surface area contributed by atoms with Crippen molar-refractivity contribution < 1.29 is 14.0 Å². The van der Waals surface area contributed by atoms with Crippen LogP contribution in [0.15, 0.2) is 12.3 Å². The van der Waals surface area contributed by atoms with E-state index in [1.165, 1.54) is 13.0 Å². The van der Waals surface area contributed by atoms with Gasteiger partial charge in [0.1, 0.15) is 5.69 Å². The molecular formula is C11H9FN2O2. The topological polar surface area (TPSA) is 59.1 Å². The van der Waals surface area contributed by atoms with Gasteiger partial charge in [0.2, 0.25) is 5.91 Å². The van der Waals surface area contributed by atoms with Crippen LogP contribution in [0.5, 0.6) is 0 Å². The molecule has 0 aliphatic carbocycles. The first-order valence-electron chi connectivity index (χ1n) is 4.47. The Labute approximate surface area is 91.9 Å². The number of hydrogen-bond donors (Lipinski definition) is 1. The Morgan fingerprint density at radius 2 is 2.44 bits per heavy atom. The van der Waals surface area contributed by atoms with E-state index in [9.17, 15) is 14.0 Å². The number of amides is 1. The highest BCUT2D eigenvalue weighted by Gasteiger charge is 2.01. The summed E-state index contributed by atoms with van der Waals surface area (Å²) in [7, 11) is 0. The van der Waals surface area contributed by atoms with Gasteiger partial charge in [-0.25, -0.2) is 9.37 Å². The molecule has 1 amide bonds. The van der Waals surface area contributed by atoms with Gasteiger partial charge in [0.15, 0.2) is 12.1 Å². The molecule has 1 heterocycles. The maximum absolute atomic E-state index is 12.9. The number of halogens is 1. The maximum atomic E-state index is 12.9. The predicted molar refractivity (Wildman–Crippen MR) is 55.1 cm³/mol. The molecule has 0 fully saturated rings. The van der Waals surface area contributed by atoms with Gasteiger partial charge in [0.25, 0.3) is 0 Å². The SMILES string of the molecule is CC(=O)NCC#Cc1cc(C=O)c(F)cn1. The Morgan fingerprint density at radius 1 is 1.69 bits per heavy atom. The zero-order valence-corrected chi connectivity index (χ0v) is 8.58. The molecule has 0 saturated carbocycles. The lowest BCUT2D eigenvalue weighted by molar-refractivity contribution is -0.118. The van der Waals surface area contributed by atoms with Gasteiger partial charge in [-0.2, -0.15) is 0 Å². The Bertz CT molecular complexity index is 475. The molecule has 82 valence electrons. The molecule has 1 N–H and O–H groups in total. The Morgan fingerprint density at radius 3 is 3.06 bits per heavy atom. The number of pyridine rings is 1. The molecule has 16 heavy (non-hydrogen) atoms. The molecule has 0 radical (unpaired) electrons. The summed E-state index contributed by atoms with van der Waals surface area (Å²) < 4.78 is 12.9. The van der Waals surface area contributed by atoms with Crippen LogP contribution < -0.4 is 5.32 Å². The highest BCUT2D eigenvalue weighted by atomic mass is 19.1. The van der Waals surface area contributed by atoms with Crippen molar-refractivity contribution >= 4 is 12.2 Å². The van der Waals surface area contributed by atoms with E-state index in [1.807, 2.05) is 0 Å². The lowest BCUT2D eigenvalue weighted by atomic mass is 10.2. The Kier molecular flexibility index (Phi) is 4.16. The van der Waals surface area contributed by atoms with E-state index < -0.39 is 5.82 Å². The maximum Gasteiger partial charge on any atom is 0.217 e. The number of carbonyl (C=O) groups is 2. The summed E-state index contributed by atoms with van der Waals surface area (Å²) >= 11 is 0. The largest absolute Gasteiger partial charge is 0.345 e. The van der Waals surface area contributed by atoms with E-state index in [0.717, 1.165) is 6.20 Å². The second kappa shape index (κ2) is 5.61. The van der Waals surface area contributed by atoms with Gasteiger partial charge in [-0.05, 0) is 12.0 Å². The third-order valence-corrected chi connectivity index (χ3v) is 1.65. The summed E-state index contributed by atoms with van der Waals surface area (Å²) in [5.74, 6) is 4.36. The lowest BCUT2D eigenvalue weighted by Crippen LogP contribution is -2.19. The summed E-state index contributed by atoms with van der Waals surface area (Å²) in [5.41, 5.74) is 0.202. The summed E-state index contributed by atoms with van der Waals surface area (Å²) in [6.07, 6.45) is 1.34. The van der Waals surface area contributed by atoms with Crippen LogP contribution in [0.25, 0.3) is 0 Å². The summed E-state index contributed by atoms with van der Waals surface area (Å²) in [4.78, 5) is 24.6. The van der Waals surface area contributed by atoms with E-state index in [4.69, 9.17) is 0 Å². The van der Waals surface area contributed by atoms with Gasteiger partial charge in [-0.1, -0.05) is 5.92 Å². The van der Waals surface area contributed by atoms with Crippen molar-refractivity contribution in [3.8, 4) is 11.8 Å². The first kappa shape index (κ1) is 11.9. The molecular weight excluding hydrogens is 211 g/mol. The summed E-state index contributed by atoms with van der Waals surface area (Å²) in [6, 6.07) is 1.25. The molecule has 0 saturated heterocycles. The van der Waals surface area contributed by atoms with E-state index in [-0.39, 0.29) is 23.7 Å². The number of rotatable bonds is 2. The predicted octanol–water partition coefficient (Wildman–Crippen LogP) is 0.521. The van der Waals surface area contributed by atoms with E-state index in [1.54, 1.807) is 0 Å². The monoisotopic (exact) mass is 220 g/mol. The van der Waals surface area contributed by atoms with Gasteiger partial charge in [-0.15, -0.1) is 0 Å². The van der Waals surface area contributed by atoms with Crippen molar-refractivity contribution in [3.05, 3.63) is 29.3 Å². The van der Waals surface area contributed by atoms with Crippen LogP contribution in [0.4, 0.5) is 4.39 Å². The van der Waals surface area contributed by atoms with Crippen molar-refractivity contribution in [2.45, 2.75) is 6.92 Å². The molecule has 1 aromatic rings. The molecule has 0 unspecified atom stereocenters. The van der Waals surface area contributed by atoms with Crippen molar-refractivity contribution in [1.82, 2.24) is 10.3 Å².